The lowest BCUT2D eigenvalue weighted by Gasteiger charge is -2.19. The highest BCUT2D eigenvalue weighted by atomic mass is 16.1. The van der Waals surface area contributed by atoms with Gasteiger partial charge in [-0.1, -0.05) is 38.0 Å². The Morgan fingerprint density at radius 2 is 1.86 bits per heavy atom. The molecule has 0 spiro atoms. The highest BCUT2D eigenvalue weighted by molar-refractivity contribution is 5.92. The third kappa shape index (κ3) is 4.32. The number of pyridine rings is 1. The summed E-state index contributed by atoms with van der Waals surface area (Å²) in [7, 11) is 1.98. The molecular weight excluding hydrogens is 274 g/mol. The SMILES string of the molecule is CCCCCNC(=O)c1ccc(N(C)c2ccccc2)cn1. The molecule has 4 heteroatoms. The lowest BCUT2D eigenvalue weighted by molar-refractivity contribution is 0.0948. The molecule has 116 valence electrons. The summed E-state index contributed by atoms with van der Waals surface area (Å²) in [5.74, 6) is -0.106. The maximum atomic E-state index is 12.0. The predicted molar refractivity (Wildman–Crippen MR) is 90.6 cm³/mol. The topological polar surface area (TPSA) is 45.2 Å². The Hall–Kier alpha value is -2.36. The summed E-state index contributed by atoms with van der Waals surface area (Å²) in [5.41, 5.74) is 2.50. The van der Waals surface area contributed by atoms with E-state index in [2.05, 4.69) is 17.2 Å². The van der Waals surface area contributed by atoms with Crippen molar-refractivity contribution in [2.24, 2.45) is 0 Å². The molecule has 0 radical (unpaired) electrons. The molecule has 0 fully saturated rings. The van der Waals surface area contributed by atoms with Gasteiger partial charge in [-0.15, -0.1) is 0 Å². The summed E-state index contributed by atoms with van der Waals surface area (Å²) in [4.78, 5) is 18.3. The molecule has 0 saturated heterocycles. The van der Waals surface area contributed by atoms with Gasteiger partial charge in [0.05, 0.1) is 11.9 Å². The number of anilines is 2. The normalized spacial score (nSPS) is 10.3. The Bertz CT molecular complexity index is 581. The van der Waals surface area contributed by atoms with E-state index in [1.54, 1.807) is 12.3 Å². The van der Waals surface area contributed by atoms with Crippen LogP contribution in [0, 0.1) is 0 Å². The second-order valence-electron chi connectivity index (χ2n) is 5.26. The summed E-state index contributed by atoms with van der Waals surface area (Å²) in [6.45, 7) is 2.85. The van der Waals surface area contributed by atoms with Crippen molar-refractivity contribution in [3.63, 3.8) is 0 Å². The van der Waals surface area contributed by atoms with Crippen molar-refractivity contribution >= 4 is 17.3 Å². The molecule has 0 aliphatic rings. The number of nitrogens with zero attached hydrogens (tertiary/aromatic N) is 2. The van der Waals surface area contributed by atoms with Gasteiger partial charge in [0.1, 0.15) is 5.69 Å². The molecule has 1 heterocycles. The fourth-order valence-electron chi connectivity index (χ4n) is 2.19. The van der Waals surface area contributed by atoms with Crippen molar-refractivity contribution in [3.8, 4) is 0 Å². The van der Waals surface area contributed by atoms with Crippen LogP contribution in [-0.2, 0) is 0 Å². The zero-order chi connectivity index (χ0) is 15.8. The van der Waals surface area contributed by atoms with Crippen LogP contribution in [0.15, 0.2) is 48.7 Å². The maximum Gasteiger partial charge on any atom is 0.269 e. The summed E-state index contributed by atoms with van der Waals surface area (Å²) in [6.07, 6.45) is 5.02. The second-order valence-corrected chi connectivity index (χ2v) is 5.26. The van der Waals surface area contributed by atoms with Crippen LogP contribution < -0.4 is 10.2 Å². The molecule has 1 N–H and O–H groups in total. The van der Waals surface area contributed by atoms with Crippen LogP contribution in [0.1, 0.15) is 36.7 Å². The second kappa shape index (κ2) is 8.17. The average molecular weight is 297 g/mol. The van der Waals surface area contributed by atoms with Gasteiger partial charge in [0.2, 0.25) is 0 Å². The van der Waals surface area contributed by atoms with E-state index >= 15 is 0 Å². The first-order chi connectivity index (χ1) is 10.7. The fourth-order valence-corrected chi connectivity index (χ4v) is 2.19. The van der Waals surface area contributed by atoms with E-state index < -0.39 is 0 Å². The Balaban J connectivity index is 1.96. The Morgan fingerprint density at radius 3 is 2.50 bits per heavy atom. The molecule has 0 bridgehead atoms. The van der Waals surface area contributed by atoms with Crippen molar-refractivity contribution < 1.29 is 4.79 Å². The molecule has 1 aromatic carbocycles. The molecule has 0 aliphatic carbocycles. The predicted octanol–water partition coefficient (Wildman–Crippen LogP) is 3.77. The molecular formula is C18H23N3O. The standard InChI is InChI=1S/C18H23N3O/c1-3-4-8-13-19-18(22)17-12-11-16(14-20-17)21(2)15-9-6-5-7-10-15/h5-7,9-12,14H,3-4,8,13H2,1-2H3,(H,19,22). The van der Waals surface area contributed by atoms with Gasteiger partial charge in [0, 0.05) is 19.3 Å². The van der Waals surface area contributed by atoms with Crippen LogP contribution in [0.4, 0.5) is 11.4 Å². The number of para-hydroxylation sites is 1. The maximum absolute atomic E-state index is 12.0. The first-order valence-electron chi connectivity index (χ1n) is 7.75. The fraction of sp³-hybridized carbons (Fsp3) is 0.333. The molecule has 4 nitrogen and oxygen atoms in total. The minimum absolute atomic E-state index is 0.106. The summed E-state index contributed by atoms with van der Waals surface area (Å²) >= 11 is 0. The van der Waals surface area contributed by atoms with E-state index in [1.165, 1.54) is 0 Å². The number of hydrogen-bond donors (Lipinski definition) is 1. The molecule has 0 atom stereocenters. The number of unbranched alkanes of at least 4 members (excludes halogenated alkanes) is 2. The summed E-state index contributed by atoms with van der Waals surface area (Å²) in [6, 6.07) is 13.7. The molecule has 2 aromatic rings. The summed E-state index contributed by atoms with van der Waals surface area (Å²) < 4.78 is 0. The molecule has 22 heavy (non-hydrogen) atoms. The van der Waals surface area contributed by atoms with E-state index in [-0.39, 0.29) is 5.91 Å². The first-order valence-corrected chi connectivity index (χ1v) is 7.75. The third-order valence-electron chi connectivity index (χ3n) is 3.58. The number of rotatable bonds is 7. The van der Waals surface area contributed by atoms with Gasteiger partial charge in [-0.05, 0) is 30.7 Å². The van der Waals surface area contributed by atoms with Crippen molar-refractivity contribution in [1.82, 2.24) is 10.3 Å². The lowest BCUT2D eigenvalue weighted by atomic mass is 10.2. The van der Waals surface area contributed by atoms with Gasteiger partial charge in [0.15, 0.2) is 0 Å². The lowest BCUT2D eigenvalue weighted by Crippen LogP contribution is -2.25. The van der Waals surface area contributed by atoms with Gasteiger partial charge in [-0.2, -0.15) is 0 Å². The number of carbonyl (C=O) groups excluding carboxylic acids is 1. The zero-order valence-corrected chi connectivity index (χ0v) is 13.2. The van der Waals surface area contributed by atoms with Crippen molar-refractivity contribution in [2.75, 3.05) is 18.5 Å². The molecule has 2 rings (SSSR count). The molecule has 1 aromatic heterocycles. The average Bonchev–Trinajstić information content (AvgIpc) is 2.59. The number of amides is 1. The highest BCUT2D eigenvalue weighted by Crippen LogP contribution is 2.22. The van der Waals surface area contributed by atoms with Gasteiger partial charge >= 0.3 is 0 Å². The van der Waals surface area contributed by atoms with E-state index in [0.29, 0.717) is 12.2 Å². The minimum atomic E-state index is -0.106. The largest absolute Gasteiger partial charge is 0.351 e. The van der Waals surface area contributed by atoms with Gasteiger partial charge in [-0.3, -0.25) is 4.79 Å². The van der Waals surface area contributed by atoms with Crippen LogP contribution in [0.3, 0.4) is 0 Å². The van der Waals surface area contributed by atoms with Crippen LogP contribution in [0.2, 0.25) is 0 Å². The minimum Gasteiger partial charge on any atom is -0.351 e. The molecule has 0 aliphatic heterocycles. The monoisotopic (exact) mass is 297 g/mol. The first kappa shape index (κ1) is 16.0. The van der Waals surface area contributed by atoms with E-state index in [0.717, 1.165) is 30.6 Å². The third-order valence-corrected chi connectivity index (χ3v) is 3.58. The molecule has 0 unspecified atom stereocenters. The van der Waals surface area contributed by atoms with Gasteiger partial charge < -0.3 is 10.2 Å². The van der Waals surface area contributed by atoms with Crippen LogP contribution >= 0.6 is 0 Å². The van der Waals surface area contributed by atoms with Crippen molar-refractivity contribution in [1.29, 1.82) is 0 Å². The summed E-state index contributed by atoms with van der Waals surface area (Å²) in [5, 5.41) is 2.90. The van der Waals surface area contributed by atoms with E-state index in [1.807, 2.05) is 48.3 Å². The number of carbonyl (C=O) groups is 1. The molecule has 1 amide bonds. The van der Waals surface area contributed by atoms with Gasteiger partial charge in [-0.25, -0.2) is 4.98 Å². The van der Waals surface area contributed by atoms with Crippen LogP contribution in [0.25, 0.3) is 0 Å². The zero-order valence-electron chi connectivity index (χ0n) is 13.2. The van der Waals surface area contributed by atoms with E-state index in [9.17, 15) is 4.79 Å². The van der Waals surface area contributed by atoms with Gasteiger partial charge in [0.25, 0.3) is 5.91 Å². The van der Waals surface area contributed by atoms with Crippen LogP contribution in [0.5, 0.6) is 0 Å². The Labute approximate surface area is 132 Å². The van der Waals surface area contributed by atoms with Crippen LogP contribution in [-0.4, -0.2) is 24.5 Å². The quantitative estimate of drug-likeness (QED) is 0.791. The van der Waals surface area contributed by atoms with Crippen molar-refractivity contribution in [2.45, 2.75) is 26.2 Å². The van der Waals surface area contributed by atoms with E-state index in [4.69, 9.17) is 0 Å². The van der Waals surface area contributed by atoms with Crippen molar-refractivity contribution in [3.05, 3.63) is 54.4 Å². The highest BCUT2D eigenvalue weighted by Gasteiger charge is 2.08. The number of benzene rings is 1. The number of aromatic nitrogens is 1. The Kier molecular flexibility index (Phi) is 5.95. The smallest absolute Gasteiger partial charge is 0.269 e. The molecule has 0 saturated carbocycles. The number of hydrogen-bond acceptors (Lipinski definition) is 3. The number of nitrogens with one attached hydrogen (secondary N) is 1. The Morgan fingerprint density at radius 1 is 1.09 bits per heavy atom.